The van der Waals surface area contributed by atoms with Crippen molar-refractivity contribution in [2.75, 3.05) is 25.6 Å². The predicted molar refractivity (Wildman–Crippen MR) is 129 cm³/mol. The van der Waals surface area contributed by atoms with Crippen molar-refractivity contribution in [1.82, 2.24) is 0 Å². The number of rotatable bonds is 24. The minimum atomic E-state index is 0.250. The molecule has 0 spiro atoms. The lowest BCUT2D eigenvalue weighted by Gasteiger charge is -2.14. The molecular formula is C25H52O2S. The number of aliphatic hydroxyl groups excluding tert-OH is 1. The van der Waals surface area contributed by atoms with Crippen LogP contribution in [0.5, 0.6) is 0 Å². The zero-order valence-electron chi connectivity index (χ0n) is 19.4. The Hall–Kier alpha value is 0.270. The first-order valence-electron chi connectivity index (χ1n) is 12.6. The van der Waals surface area contributed by atoms with Gasteiger partial charge in [0.05, 0.1) is 18.5 Å². The van der Waals surface area contributed by atoms with Gasteiger partial charge in [0.2, 0.25) is 0 Å². The van der Waals surface area contributed by atoms with Crippen molar-refractivity contribution in [3.63, 3.8) is 0 Å². The molecule has 3 heteroatoms. The third-order valence-electron chi connectivity index (χ3n) is 5.50. The van der Waals surface area contributed by atoms with E-state index in [-0.39, 0.29) is 11.9 Å². The van der Waals surface area contributed by atoms with E-state index in [0.29, 0.717) is 0 Å². The maximum Gasteiger partial charge on any atom is 0.0607 e. The molecule has 0 fully saturated rings. The lowest BCUT2D eigenvalue weighted by molar-refractivity contribution is 0.117. The Labute approximate surface area is 182 Å². The van der Waals surface area contributed by atoms with Gasteiger partial charge in [0.25, 0.3) is 0 Å². The lowest BCUT2D eigenvalue weighted by Crippen LogP contribution is -2.17. The number of ether oxygens (including phenoxy) is 1. The topological polar surface area (TPSA) is 29.5 Å². The standard InChI is InChI=1S/C25H52O2S/c1-3-5-7-9-11-13-14-16-18-20-22-28-25(23-26)24-27-21-19-17-15-12-10-8-6-4-2/h25-26H,3-24H2,1-2H3. The Kier molecular flexibility index (Phi) is 25.6. The molecule has 1 N–H and O–H groups in total. The Morgan fingerprint density at radius 3 is 1.50 bits per heavy atom. The van der Waals surface area contributed by atoms with E-state index in [2.05, 4.69) is 13.8 Å². The van der Waals surface area contributed by atoms with Gasteiger partial charge in [-0.25, -0.2) is 0 Å². The quantitative estimate of drug-likeness (QED) is 0.161. The van der Waals surface area contributed by atoms with Crippen LogP contribution in [0.1, 0.15) is 129 Å². The first-order valence-corrected chi connectivity index (χ1v) is 13.7. The highest BCUT2D eigenvalue weighted by Crippen LogP contribution is 2.16. The normalized spacial score (nSPS) is 12.5. The second-order valence-corrected chi connectivity index (χ2v) is 9.82. The largest absolute Gasteiger partial charge is 0.395 e. The minimum Gasteiger partial charge on any atom is -0.395 e. The molecule has 0 heterocycles. The molecule has 0 aromatic heterocycles. The molecule has 0 aromatic carbocycles. The molecule has 0 saturated carbocycles. The van der Waals surface area contributed by atoms with Crippen molar-refractivity contribution in [3.8, 4) is 0 Å². The molecule has 0 amide bonds. The fraction of sp³-hybridized carbons (Fsp3) is 1.00. The molecule has 0 radical (unpaired) electrons. The average molecular weight is 417 g/mol. The van der Waals surface area contributed by atoms with Gasteiger partial charge in [0.1, 0.15) is 0 Å². The summed E-state index contributed by atoms with van der Waals surface area (Å²) in [5, 5.41) is 9.80. The molecule has 1 atom stereocenters. The van der Waals surface area contributed by atoms with Crippen molar-refractivity contribution in [3.05, 3.63) is 0 Å². The van der Waals surface area contributed by atoms with Crippen LogP contribution in [0.25, 0.3) is 0 Å². The highest BCUT2D eigenvalue weighted by Gasteiger charge is 2.07. The summed E-state index contributed by atoms with van der Waals surface area (Å²) < 4.78 is 5.80. The third-order valence-corrected chi connectivity index (χ3v) is 6.78. The predicted octanol–water partition coefficient (Wildman–Crippen LogP) is 8.16. The lowest BCUT2D eigenvalue weighted by atomic mass is 10.1. The van der Waals surface area contributed by atoms with Crippen LogP contribution in [0, 0.1) is 0 Å². The highest BCUT2D eigenvalue weighted by atomic mass is 32.2. The van der Waals surface area contributed by atoms with Gasteiger partial charge in [-0.1, -0.05) is 117 Å². The van der Waals surface area contributed by atoms with Crippen LogP contribution in [0.4, 0.5) is 0 Å². The highest BCUT2D eigenvalue weighted by molar-refractivity contribution is 7.99. The van der Waals surface area contributed by atoms with Crippen molar-refractivity contribution >= 4 is 11.8 Å². The molecule has 1 unspecified atom stereocenters. The first-order chi connectivity index (χ1) is 13.8. The van der Waals surface area contributed by atoms with Gasteiger partial charge in [0, 0.05) is 6.61 Å². The van der Waals surface area contributed by atoms with E-state index in [9.17, 15) is 5.11 Å². The number of thioether (sulfide) groups is 1. The summed E-state index contributed by atoms with van der Waals surface area (Å²) in [5.74, 6) is 1.17. The fourth-order valence-electron chi connectivity index (χ4n) is 3.55. The van der Waals surface area contributed by atoms with Crippen LogP contribution in [0.15, 0.2) is 0 Å². The first kappa shape index (κ1) is 28.3. The second kappa shape index (κ2) is 25.3. The molecule has 0 aromatic rings. The van der Waals surface area contributed by atoms with Crippen LogP contribution >= 0.6 is 11.8 Å². The zero-order valence-corrected chi connectivity index (χ0v) is 20.2. The van der Waals surface area contributed by atoms with E-state index in [1.54, 1.807) is 0 Å². The maximum atomic E-state index is 9.53. The smallest absolute Gasteiger partial charge is 0.0607 e. The molecule has 0 rings (SSSR count). The van der Waals surface area contributed by atoms with Gasteiger partial charge in [0.15, 0.2) is 0 Å². The molecular weight excluding hydrogens is 364 g/mol. The van der Waals surface area contributed by atoms with E-state index in [0.717, 1.165) is 13.2 Å². The SMILES string of the molecule is CCCCCCCCCCCCSC(CO)COCCCCCCCCCC. The van der Waals surface area contributed by atoms with E-state index in [4.69, 9.17) is 4.74 Å². The van der Waals surface area contributed by atoms with Crippen molar-refractivity contribution in [2.45, 2.75) is 135 Å². The summed E-state index contributed by atoms with van der Waals surface area (Å²) >= 11 is 1.90. The number of unbranched alkanes of at least 4 members (excludes halogenated alkanes) is 16. The van der Waals surface area contributed by atoms with Crippen LogP contribution in [0.2, 0.25) is 0 Å². The summed E-state index contributed by atoms with van der Waals surface area (Å²) in [6.45, 7) is 6.38. The number of hydrogen-bond acceptors (Lipinski definition) is 3. The number of aliphatic hydroxyl groups is 1. The molecule has 0 saturated heterocycles. The average Bonchev–Trinajstić information content (AvgIpc) is 2.71. The Bertz CT molecular complexity index is 273. The van der Waals surface area contributed by atoms with Crippen LogP contribution in [-0.2, 0) is 4.74 Å². The van der Waals surface area contributed by atoms with Crippen molar-refractivity contribution < 1.29 is 9.84 Å². The van der Waals surface area contributed by atoms with Crippen LogP contribution < -0.4 is 0 Å². The number of hydrogen-bond donors (Lipinski definition) is 1. The van der Waals surface area contributed by atoms with Gasteiger partial charge < -0.3 is 9.84 Å². The van der Waals surface area contributed by atoms with Gasteiger partial charge >= 0.3 is 0 Å². The Morgan fingerprint density at radius 1 is 0.607 bits per heavy atom. The maximum absolute atomic E-state index is 9.53. The Balaban J connectivity index is 3.27. The molecule has 0 aliphatic heterocycles. The molecule has 28 heavy (non-hydrogen) atoms. The van der Waals surface area contributed by atoms with E-state index >= 15 is 0 Å². The molecule has 0 aliphatic carbocycles. The van der Waals surface area contributed by atoms with Crippen LogP contribution in [-0.4, -0.2) is 35.9 Å². The summed E-state index contributed by atoms with van der Waals surface area (Å²) in [7, 11) is 0. The van der Waals surface area contributed by atoms with Gasteiger partial charge in [-0.2, -0.15) is 11.8 Å². The summed E-state index contributed by atoms with van der Waals surface area (Å²) in [6.07, 6.45) is 24.6. The Morgan fingerprint density at radius 2 is 1.04 bits per heavy atom. The second-order valence-electron chi connectivity index (χ2n) is 8.41. The monoisotopic (exact) mass is 416 g/mol. The van der Waals surface area contributed by atoms with E-state index in [1.807, 2.05) is 11.8 Å². The van der Waals surface area contributed by atoms with E-state index in [1.165, 1.54) is 121 Å². The van der Waals surface area contributed by atoms with E-state index < -0.39 is 0 Å². The molecule has 0 bridgehead atoms. The fourth-order valence-corrected chi connectivity index (χ4v) is 4.55. The molecule has 0 aliphatic rings. The minimum absolute atomic E-state index is 0.250. The molecule has 2 nitrogen and oxygen atoms in total. The van der Waals surface area contributed by atoms with Gasteiger partial charge in [-0.15, -0.1) is 0 Å². The van der Waals surface area contributed by atoms with Gasteiger partial charge in [-0.3, -0.25) is 0 Å². The van der Waals surface area contributed by atoms with Crippen molar-refractivity contribution in [2.24, 2.45) is 0 Å². The zero-order chi connectivity index (χ0) is 20.5. The third kappa shape index (κ3) is 22.6. The summed E-state index contributed by atoms with van der Waals surface area (Å²) in [5.41, 5.74) is 0. The van der Waals surface area contributed by atoms with Gasteiger partial charge in [-0.05, 0) is 18.6 Å². The van der Waals surface area contributed by atoms with Crippen LogP contribution in [0.3, 0.4) is 0 Å². The molecule has 170 valence electrons. The summed E-state index contributed by atoms with van der Waals surface area (Å²) in [4.78, 5) is 0. The summed E-state index contributed by atoms with van der Waals surface area (Å²) in [6, 6.07) is 0. The van der Waals surface area contributed by atoms with Crippen molar-refractivity contribution in [1.29, 1.82) is 0 Å².